The van der Waals surface area contributed by atoms with Gasteiger partial charge in [-0.2, -0.15) is 0 Å². The Balaban J connectivity index is 1.34. The second-order valence-corrected chi connectivity index (χ2v) is 10.7. The van der Waals surface area contributed by atoms with Crippen LogP contribution in [0.15, 0.2) is 30.3 Å². The van der Waals surface area contributed by atoms with Crippen molar-refractivity contribution in [1.82, 2.24) is 14.9 Å². The number of aryl methyl sites for hydroxylation is 3. The van der Waals surface area contributed by atoms with E-state index in [1.54, 1.807) is 0 Å². The Labute approximate surface area is 200 Å². The Kier molecular flexibility index (Phi) is 6.63. The monoisotopic (exact) mass is 462 g/mol. The molecule has 1 fully saturated rings. The van der Waals surface area contributed by atoms with Gasteiger partial charge in [0.1, 0.15) is 16.5 Å². The van der Waals surface area contributed by atoms with Crippen LogP contribution in [0.25, 0.3) is 10.2 Å². The fourth-order valence-electron chi connectivity index (χ4n) is 5.04. The molecule has 174 valence electrons. The normalized spacial score (nSPS) is 16.8. The molecule has 3 aromatic rings. The van der Waals surface area contributed by atoms with Gasteiger partial charge in [0, 0.05) is 43.4 Å². The first-order valence-electron chi connectivity index (χ1n) is 12.5. The van der Waals surface area contributed by atoms with Gasteiger partial charge in [0.05, 0.1) is 5.39 Å². The van der Waals surface area contributed by atoms with Gasteiger partial charge in [-0.3, -0.25) is 4.79 Å². The molecule has 0 bridgehead atoms. The molecule has 1 amide bonds. The molecule has 6 heteroatoms. The highest BCUT2D eigenvalue weighted by atomic mass is 32.1. The molecule has 0 atom stereocenters. The summed E-state index contributed by atoms with van der Waals surface area (Å²) in [6, 6.07) is 10.3. The second-order valence-electron chi connectivity index (χ2n) is 9.66. The van der Waals surface area contributed by atoms with E-state index in [4.69, 9.17) is 9.97 Å². The van der Waals surface area contributed by atoms with Crippen LogP contribution in [0.5, 0.6) is 0 Å². The Hall–Kier alpha value is -2.47. The molecule has 0 N–H and O–H groups in total. The van der Waals surface area contributed by atoms with Crippen LogP contribution in [-0.4, -0.2) is 47.0 Å². The number of amides is 1. The van der Waals surface area contributed by atoms with Crippen LogP contribution in [0.3, 0.4) is 0 Å². The van der Waals surface area contributed by atoms with Crippen molar-refractivity contribution < 1.29 is 4.79 Å². The first-order chi connectivity index (χ1) is 16.1. The standard InChI is InChI=1S/C27H34N4OS/c1-19(2)25-28-26(24-21-11-7-4-8-12-22(21)33-27(24)29-25)31-17-15-30(16-18-31)23(32)14-13-20-9-5-3-6-10-20/h3,5-6,9-10,19H,4,7-8,11-18H2,1-2H3. The average Bonchev–Trinajstić information content (AvgIpc) is 3.03. The molecule has 0 unspecified atom stereocenters. The number of piperazine rings is 1. The van der Waals surface area contributed by atoms with Crippen molar-refractivity contribution in [3.05, 3.63) is 52.2 Å². The number of rotatable bonds is 5. The number of nitrogens with zero attached hydrogens (tertiary/aromatic N) is 4. The van der Waals surface area contributed by atoms with Crippen molar-refractivity contribution in [3.63, 3.8) is 0 Å². The van der Waals surface area contributed by atoms with Gasteiger partial charge in [-0.1, -0.05) is 50.6 Å². The summed E-state index contributed by atoms with van der Waals surface area (Å²) in [5, 5.41) is 1.30. The topological polar surface area (TPSA) is 49.3 Å². The van der Waals surface area contributed by atoms with Crippen molar-refractivity contribution in [1.29, 1.82) is 0 Å². The fourth-order valence-corrected chi connectivity index (χ4v) is 6.30. The zero-order chi connectivity index (χ0) is 22.8. The maximum absolute atomic E-state index is 12.8. The second kappa shape index (κ2) is 9.80. The van der Waals surface area contributed by atoms with Gasteiger partial charge >= 0.3 is 0 Å². The third-order valence-corrected chi connectivity index (χ3v) is 8.17. The molecule has 5 rings (SSSR count). The molecule has 1 aliphatic carbocycles. The average molecular weight is 463 g/mol. The third-order valence-electron chi connectivity index (χ3n) is 6.98. The number of hydrogen-bond acceptors (Lipinski definition) is 5. The SMILES string of the molecule is CC(C)c1nc(N2CCN(C(=O)CCc3ccccc3)CC2)c2c3c(sc2n1)CCCCC3. The van der Waals surface area contributed by atoms with Gasteiger partial charge in [-0.15, -0.1) is 11.3 Å². The lowest BCUT2D eigenvalue weighted by Gasteiger charge is -2.36. The van der Waals surface area contributed by atoms with Crippen LogP contribution in [0.1, 0.15) is 67.3 Å². The summed E-state index contributed by atoms with van der Waals surface area (Å²) < 4.78 is 0. The third kappa shape index (κ3) is 4.77. The number of fused-ring (bicyclic) bond motifs is 3. The number of anilines is 1. The Morgan fingerprint density at radius 2 is 1.76 bits per heavy atom. The highest BCUT2D eigenvalue weighted by Crippen LogP contribution is 2.40. The van der Waals surface area contributed by atoms with E-state index in [-0.39, 0.29) is 5.91 Å². The minimum Gasteiger partial charge on any atom is -0.352 e. The number of carbonyl (C=O) groups excluding carboxylic acids is 1. The van der Waals surface area contributed by atoms with Gasteiger partial charge in [-0.25, -0.2) is 9.97 Å². The summed E-state index contributed by atoms with van der Waals surface area (Å²) in [5.74, 6) is 2.62. The molecule has 0 saturated carbocycles. The number of carbonyl (C=O) groups is 1. The predicted octanol–water partition coefficient (Wildman–Crippen LogP) is 5.37. The van der Waals surface area contributed by atoms with Crippen molar-refractivity contribution in [2.24, 2.45) is 0 Å². The van der Waals surface area contributed by atoms with Crippen molar-refractivity contribution >= 4 is 33.3 Å². The molecule has 5 nitrogen and oxygen atoms in total. The van der Waals surface area contributed by atoms with Crippen LogP contribution in [0, 0.1) is 0 Å². The van der Waals surface area contributed by atoms with Crippen molar-refractivity contribution in [2.75, 3.05) is 31.1 Å². The van der Waals surface area contributed by atoms with Crippen LogP contribution < -0.4 is 4.90 Å². The molecule has 2 aromatic heterocycles. The van der Waals surface area contributed by atoms with Crippen LogP contribution in [0.4, 0.5) is 5.82 Å². The zero-order valence-electron chi connectivity index (χ0n) is 19.8. The molecule has 2 aliphatic rings. The highest BCUT2D eigenvalue weighted by Gasteiger charge is 2.27. The molecule has 1 saturated heterocycles. The molecule has 0 spiro atoms. The number of hydrogen-bond donors (Lipinski definition) is 0. The maximum Gasteiger partial charge on any atom is 0.223 e. The van der Waals surface area contributed by atoms with E-state index >= 15 is 0 Å². The molecule has 33 heavy (non-hydrogen) atoms. The van der Waals surface area contributed by atoms with E-state index in [1.807, 2.05) is 34.4 Å². The Bertz CT molecular complexity index is 1120. The van der Waals surface area contributed by atoms with Crippen molar-refractivity contribution in [2.45, 2.75) is 64.7 Å². The smallest absolute Gasteiger partial charge is 0.223 e. The minimum atomic E-state index is 0.263. The molecule has 1 aromatic carbocycles. The first kappa shape index (κ1) is 22.3. The number of benzene rings is 1. The van der Waals surface area contributed by atoms with Crippen molar-refractivity contribution in [3.8, 4) is 0 Å². The van der Waals surface area contributed by atoms with Crippen LogP contribution >= 0.6 is 11.3 Å². The van der Waals surface area contributed by atoms with Crippen LogP contribution in [-0.2, 0) is 24.1 Å². The number of aromatic nitrogens is 2. The van der Waals surface area contributed by atoms with Crippen LogP contribution in [0.2, 0.25) is 0 Å². The summed E-state index contributed by atoms with van der Waals surface area (Å²) in [6.45, 7) is 7.56. The lowest BCUT2D eigenvalue weighted by molar-refractivity contribution is -0.131. The van der Waals surface area contributed by atoms with Gasteiger partial charge in [0.2, 0.25) is 5.91 Å². The summed E-state index contributed by atoms with van der Waals surface area (Å²) in [5.41, 5.74) is 2.73. The molecule has 3 heterocycles. The Morgan fingerprint density at radius 3 is 2.52 bits per heavy atom. The predicted molar refractivity (Wildman–Crippen MR) is 136 cm³/mol. The maximum atomic E-state index is 12.8. The quantitative estimate of drug-likeness (QED) is 0.479. The van der Waals surface area contributed by atoms with Gasteiger partial charge in [0.15, 0.2) is 0 Å². The summed E-state index contributed by atoms with van der Waals surface area (Å²) >= 11 is 1.89. The highest BCUT2D eigenvalue weighted by molar-refractivity contribution is 7.19. The lowest BCUT2D eigenvalue weighted by atomic mass is 10.1. The first-order valence-corrected chi connectivity index (χ1v) is 13.3. The summed E-state index contributed by atoms with van der Waals surface area (Å²) in [4.78, 5) is 30.1. The largest absolute Gasteiger partial charge is 0.352 e. The van der Waals surface area contributed by atoms with E-state index < -0.39 is 0 Å². The lowest BCUT2D eigenvalue weighted by Crippen LogP contribution is -2.49. The fraction of sp³-hybridized carbons (Fsp3) is 0.519. The van der Waals surface area contributed by atoms with Gasteiger partial charge in [0.25, 0.3) is 0 Å². The molecule has 0 radical (unpaired) electrons. The summed E-state index contributed by atoms with van der Waals surface area (Å²) in [7, 11) is 0. The number of thiophene rings is 1. The van der Waals surface area contributed by atoms with E-state index in [0.717, 1.165) is 55.5 Å². The van der Waals surface area contributed by atoms with Gasteiger partial charge in [-0.05, 0) is 43.2 Å². The molecular weight excluding hydrogens is 428 g/mol. The van der Waals surface area contributed by atoms with E-state index in [1.165, 1.54) is 47.1 Å². The van der Waals surface area contributed by atoms with E-state index in [0.29, 0.717) is 12.3 Å². The minimum absolute atomic E-state index is 0.263. The summed E-state index contributed by atoms with van der Waals surface area (Å²) in [6.07, 6.45) is 7.56. The van der Waals surface area contributed by atoms with Gasteiger partial charge < -0.3 is 9.80 Å². The molecular formula is C27H34N4OS. The van der Waals surface area contributed by atoms with E-state index in [9.17, 15) is 4.79 Å². The molecule has 1 aliphatic heterocycles. The van der Waals surface area contributed by atoms with E-state index in [2.05, 4.69) is 30.9 Å². The Morgan fingerprint density at radius 1 is 1.00 bits per heavy atom. The zero-order valence-corrected chi connectivity index (χ0v) is 20.7.